The summed E-state index contributed by atoms with van der Waals surface area (Å²) in [5.74, 6) is 0.0774. The van der Waals surface area contributed by atoms with E-state index in [0.29, 0.717) is 26.2 Å². The Balaban J connectivity index is 1.55. The Hall–Kier alpha value is -2.18. The second-order valence-corrected chi connectivity index (χ2v) is 7.28. The smallest absolute Gasteiger partial charge is 0.253 e. The molecule has 0 aliphatic carbocycles. The van der Waals surface area contributed by atoms with Crippen molar-refractivity contribution in [3.05, 3.63) is 53.9 Å². The molecule has 1 saturated heterocycles. The van der Waals surface area contributed by atoms with Crippen molar-refractivity contribution in [3.8, 4) is 0 Å². The van der Waals surface area contributed by atoms with Gasteiger partial charge < -0.3 is 10.0 Å². The van der Waals surface area contributed by atoms with E-state index in [1.807, 2.05) is 60.0 Å². The third-order valence-electron chi connectivity index (χ3n) is 4.37. The van der Waals surface area contributed by atoms with Crippen molar-refractivity contribution in [1.82, 2.24) is 19.6 Å². The average molecular weight is 342 g/mol. The number of hydrogen-bond donors (Lipinski definition) is 1. The summed E-state index contributed by atoms with van der Waals surface area (Å²) in [6.07, 6.45) is 3.68. The van der Waals surface area contributed by atoms with Gasteiger partial charge in [0.15, 0.2) is 0 Å². The maximum atomic E-state index is 12.7. The molecule has 134 valence electrons. The fraction of sp³-hybridized carbons (Fsp3) is 0.474. The van der Waals surface area contributed by atoms with Gasteiger partial charge in [0.25, 0.3) is 5.91 Å². The van der Waals surface area contributed by atoms with Crippen molar-refractivity contribution >= 4 is 5.91 Å². The second-order valence-electron chi connectivity index (χ2n) is 7.28. The molecule has 0 spiro atoms. The lowest BCUT2D eigenvalue weighted by Gasteiger charge is -2.37. The van der Waals surface area contributed by atoms with Crippen LogP contribution in [0.15, 0.2) is 42.7 Å². The Morgan fingerprint density at radius 2 is 1.84 bits per heavy atom. The van der Waals surface area contributed by atoms with Crippen molar-refractivity contribution in [3.63, 3.8) is 0 Å². The van der Waals surface area contributed by atoms with E-state index in [1.54, 1.807) is 6.20 Å². The van der Waals surface area contributed by atoms with Crippen LogP contribution in [0.4, 0.5) is 0 Å². The van der Waals surface area contributed by atoms with E-state index in [1.165, 1.54) is 0 Å². The monoisotopic (exact) mass is 342 g/mol. The number of aromatic nitrogens is 2. The van der Waals surface area contributed by atoms with Gasteiger partial charge in [0.1, 0.15) is 0 Å². The number of carbonyl (C=O) groups excluding carboxylic acids is 1. The van der Waals surface area contributed by atoms with E-state index in [2.05, 4.69) is 10.00 Å². The molecule has 2 heterocycles. The van der Waals surface area contributed by atoms with Crippen molar-refractivity contribution < 1.29 is 9.90 Å². The molecule has 0 bridgehead atoms. The number of benzene rings is 1. The Morgan fingerprint density at radius 1 is 1.16 bits per heavy atom. The van der Waals surface area contributed by atoms with Crippen LogP contribution >= 0.6 is 0 Å². The molecule has 1 fully saturated rings. The van der Waals surface area contributed by atoms with Crippen LogP contribution < -0.4 is 0 Å². The number of amides is 1. The summed E-state index contributed by atoms with van der Waals surface area (Å²) in [6.45, 7) is 7.97. The number of nitrogens with zero attached hydrogens (tertiary/aromatic N) is 4. The molecule has 1 N–H and O–H groups in total. The molecular weight excluding hydrogens is 316 g/mol. The zero-order valence-electron chi connectivity index (χ0n) is 14.9. The highest BCUT2D eigenvalue weighted by Gasteiger charge is 2.25. The topological polar surface area (TPSA) is 61.6 Å². The van der Waals surface area contributed by atoms with E-state index >= 15 is 0 Å². The first kappa shape index (κ1) is 17.6. The summed E-state index contributed by atoms with van der Waals surface area (Å²) in [7, 11) is 0. The first-order valence-electron chi connectivity index (χ1n) is 8.71. The number of carbonyl (C=O) groups is 1. The maximum absolute atomic E-state index is 12.7. The molecule has 1 aliphatic heterocycles. The third-order valence-corrected chi connectivity index (χ3v) is 4.37. The van der Waals surface area contributed by atoms with Crippen molar-refractivity contribution in [2.24, 2.45) is 0 Å². The highest BCUT2D eigenvalue weighted by atomic mass is 16.3. The van der Waals surface area contributed by atoms with Crippen LogP contribution in [0.2, 0.25) is 0 Å². The lowest BCUT2D eigenvalue weighted by atomic mass is 10.1. The van der Waals surface area contributed by atoms with E-state index in [-0.39, 0.29) is 5.91 Å². The normalized spacial score (nSPS) is 16.2. The van der Waals surface area contributed by atoms with Gasteiger partial charge in [-0.3, -0.25) is 14.4 Å². The number of aliphatic hydroxyl groups is 1. The number of hydrogen-bond acceptors (Lipinski definition) is 4. The van der Waals surface area contributed by atoms with Crippen molar-refractivity contribution in [1.29, 1.82) is 0 Å². The molecule has 2 aromatic rings. The predicted molar refractivity (Wildman–Crippen MR) is 96.4 cm³/mol. The molecule has 1 amide bonds. The minimum atomic E-state index is -0.698. The molecule has 0 unspecified atom stereocenters. The van der Waals surface area contributed by atoms with Gasteiger partial charge in [-0.05, 0) is 37.6 Å². The fourth-order valence-electron chi connectivity index (χ4n) is 3.17. The lowest BCUT2D eigenvalue weighted by Crippen LogP contribution is -2.51. The Bertz CT molecular complexity index is 681. The minimum absolute atomic E-state index is 0.0774. The largest absolute Gasteiger partial charge is 0.389 e. The van der Waals surface area contributed by atoms with Gasteiger partial charge in [0.2, 0.25) is 0 Å². The first-order valence-corrected chi connectivity index (χ1v) is 8.71. The SMILES string of the molecule is CC(C)(O)CN1CCN(C(=O)c2ccc(Cn3cccn3)cc2)CC1. The molecule has 25 heavy (non-hydrogen) atoms. The summed E-state index contributed by atoms with van der Waals surface area (Å²) in [6, 6.07) is 9.66. The third kappa shape index (κ3) is 4.90. The van der Waals surface area contributed by atoms with Gasteiger partial charge in [0, 0.05) is 50.7 Å². The van der Waals surface area contributed by atoms with Crippen molar-refractivity contribution in [2.45, 2.75) is 26.0 Å². The highest BCUT2D eigenvalue weighted by Crippen LogP contribution is 2.13. The van der Waals surface area contributed by atoms with E-state index in [9.17, 15) is 9.90 Å². The summed E-state index contributed by atoms with van der Waals surface area (Å²) < 4.78 is 1.86. The van der Waals surface area contributed by atoms with Crippen molar-refractivity contribution in [2.75, 3.05) is 32.7 Å². The summed E-state index contributed by atoms with van der Waals surface area (Å²) in [5.41, 5.74) is 1.15. The van der Waals surface area contributed by atoms with Gasteiger partial charge >= 0.3 is 0 Å². The maximum Gasteiger partial charge on any atom is 0.253 e. The average Bonchev–Trinajstić information content (AvgIpc) is 3.07. The Kier molecular flexibility index (Phi) is 5.20. The summed E-state index contributed by atoms with van der Waals surface area (Å²) in [4.78, 5) is 16.8. The van der Waals surface area contributed by atoms with Crippen LogP contribution in [0.1, 0.15) is 29.8 Å². The molecule has 0 atom stereocenters. The zero-order valence-corrected chi connectivity index (χ0v) is 14.9. The number of piperazine rings is 1. The molecule has 1 aromatic carbocycles. The predicted octanol–water partition coefficient (Wildman–Crippen LogP) is 1.46. The van der Waals surface area contributed by atoms with E-state index < -0.39 is 5.60 Å². The molecule has 1 aliphatic rings. The minimum Gasteiger partial charge on any atom is -0.389 e. The second kappa shape index (κ2) is 7.37. The van der Waals surface area contributed by atoms with E-state index in [4.69, 9.17) is 0 Å². The molecule has 0 saturated carbocycles. The van der Waals surface area contributed by atoms with Crippen LogP contribution in [0.3, 0.4) is 0 Å². The molecule has 6 nitrogen and oxygen atoms in total. The number of rotatable bonds is 5. The first-order chi connectivity index (χ1) is 11.9. The molecular formula is C19H26N4O2. The molecule has 6 heteroatoms. The van der Waals surface area contributed by atoms with Gasteiger partial charge in [-0.15, -0.1) is 0 Å². The summed E-state index contributed by atoms with van der Waals surface area (Å²) in [5, 5.41) is 14.1. The van der Waals surface area contributed by atoms with Gasteiger partial charge in [0.05, 0.1) is 12.1 Å². The van der Waals surface area contributed by atoms with Crippen LogP contribution in [-0.4, -0.2) is 68.9 Å². The van der Waals surface area contributed by atoms with Gasteiger partial charge in [-0.2, -0.15) is 5.10 Å². The lowest BCUT2D eigenvalue weighted by molar-refractivity contribution is 0.0178. The van der Waals surface area contributed by atoms with Crippen LogP contribution in [0, 0.1) is 0 Å². The van der Waals surface area contributed by atoms with E-state index in [0.717, 1.165) is 24.2 Å². The quantitative estimate of drug-likeness (QED) is 0.894. The molecule has 3 rings (SSSR count). The van der Waals surface area contributed by atoms with Gasteiger partial charge in [-0.1, -0.05) is 12.1 Å². The molecule has 0 radical (unpaired) electrons. The zero-order chi connectivity index (χ0) is 17.9. The Morgan fingerprint density at radius 3 is 2.40 bits per heavy atom. The Labute approximate surface area is 148 Å². The standard InChI is InChI=1S/C19H26N4O2/c1-19(2,25)15-21-10-12-22(13-11-21)18(24)17-6-4-16(5-7-17)14-23-9-3-8-20-23/h3-9,25H,10-15H2,1-2H3. The van der Waals surface area contributed by atoms with Crippen LogP contribution in [0.25, 0.3) is 0 Å². The van der Waals surface area contributed by atoms with Crippen LogP contribution in [-0.2, 0) is 6.54 Å². The number of β-amino-alcohol motifs (C(OH)–C–C–N with tert-alkyl or cyclic N) is 1. The molecule has 1 aromatic heterocycles. The highest BCUT2D eigenvalue weighted by molar-refractivity contribution is 5.94. The summed E-state index contributed by atoms with van der Waals surface area (Å²) >= 11 is 0. The van der Waals surface area contributed by atoms with Gasteiger partial charge in [-0.25, -0.2) is 0 Å². The fourth-order valence-corrected chi connectivity index (χ4v) is 3.17. The van der Waals surface area contributed by atoms with Crippen LogP contribution in [0.5, 0.6) is 0 Å².